The lowest BCUT2D eigenvalue weighted by Crippen LogP contribution is -2.25. The van der Waals surface area contributed by atoms with E-state index in [9.17, 15) is 0 Å². The van der Waals surface area contributed by atoms with Crippen LogP contribution in [0.2, 0.25) is 0 Å². The molecule has 1 heterocycles. The summed E-state index contributed by atoms with van der Waals surface area (Å²) in [6.07, 6.45) is 1.20. The standard InChI is InChI=1S/C14H21N/c1-11(2)14-10-15(3)9-8-12-6-4-5-7-13(12)14/h4-7,11,14H,8-10H2,1-3H3. The van der Waals surface area contributed by atoms with Crippen LogP contribution in [0, 0.1) is 5.92 Å². The maximum Gasteiger partial charge on any atom is 0.00499 e. The van der Waals surface area contributed by atoms with E-state index in [2.05, 4.69) is 50.1 Å². The van der Waals surface area contributed by atoms with E-state index < -0.39 is 0 Å². The summed E-state index contributed by atoms with van der Waals surface area (Å²) in [7, 11) is 2.24. The van der Waals surface area contributed by atoms with E-state index in [1.54, 1.807) is 11.1 Å². The highest BCUT2D eigenvalue weighted by Gasteiger charge is 2.23. The number of nitrogens with zero attached hydrogens (tertiary/aromatic N) is 1. The van der Waals surface area contributed by atoms with Crippen LogP contribution in [0.3, 0.4) is 0 Å². The first-order chi connectivity index (χ1) is 7.18. The first-order valence-electron chi connectivity index (χ1n) is 5.95. The van der Waals surface area contributed by atoms with Gasteiger partial charge in [0.05, 0.1) is 0 Å². The third kappa shape index (κ3) is 2.23. The van der Waals surface area contributed by atoms with Crippen molar-refractivity contribution < 1.29 is 0 Å². The maximum absolute atomic E-state index is 2.46. The Morgan fingerprint density at radius 2 is 2.00 bits per heavy atom. The summed E-state index contributed by atoms with van der Waals surface area (Å²) in [5.74, 6) is 1.43. The molecule has 0 N–H and O–H groups in total. The molecule has 1 nitrogen and oxygen atoms in total. The predicted molar refractivity (Wildman–Crippen MR) is 65.2 cm³/mol. The van der Waals surface area contributed by atoms with E-state index in [1.807, 2.05) is 0 Å². The van der Waals surface area contributed by atoms with Gasteiger partial charge in [0, 0.05) is 13.1 Å². The Labute approximate surface area is 93.1 Å². The molecule has 0 spiro atoms. The molecule has 15 heavy (non-hydrogen) atoms. The molecule has 0 saturated carbocycles. The molecule has 1 unspecified atom stereocenters. The van der Waals surface area contributed by atoms with Gasteiger partial charge >= 0.3 is 0 Å². The second kappa shape index (κ2) is 4.36. The van der Waals surface area contributed by atoms with Crippen LogP contribution < -0.4 is 0 Å². The van der Waals surface area contributed by atoms with Gasteiger partial charge in [-0.2, -0.15) is 0 Å². The first kappa shape index (κ1) is 10.7. The molecule has 0 radical (unpaired) electrons. The van der Waals surface area contributed by atoms with Gasteiger partial charge in [0.15, 0.2) is 0 Å². The van der Waals surface area contributed by atoms with Crippen LogP contribution in [0.25, 0.3) is 0 Å². The summed E-state index contributed by atoms with van der Waals surface area (Å²) in [6, 6.07) is 8.96. The van der Waals surface area contributed by atoms with Crippen LogP contribution in [-0.4, -0.2) is 25.0 Å². The van der Waals surface area contributed by atoms with Crippen molar-refractivity contribution >= 4 is 0 Å². The topological polar surface area (TPSA) is 3.24 Å². The molecule has 1 heteroatoms. The average molecular weight is 203 g/mol. The number of hydrogen-bond acceptors (Lipinski definition) is 1. The van der Waals surface area contributed by atoms with Gasteiger partial charge in [-0.15, -0.1) is 0 Å². The number of fused-ring (bicyclic) bond motifs is 1. The fourth-order valence-electron chi connectivity index (χ4n) is 2.53. The Hall–Kier alpha value is -0.820. The molecular weight excluding hydrogens is 182 g/mol. The molecule has 1 aliphatic heterocycles. The van der Waals surface area contributed by atoms with E-state index in [0.29, 0.717) is 5.92 Å². The van der Waals surface area contributed by atoms with E-state index >= 15 is 0 Å². The minimum absolute atomic E-state index is 0.702. The van der Waals surface area contributed by atoms with Crippen molar-refractivity contribution in [3.63, 3.8) is 0 Å². The van der Waals surface area contributed by atoms with Crippen molar-refractivity contribution in [1.29, 1.82) is 0 Å². The molecular formula is C14H21N. The van der Waals surface area contributed by atoms with Crippen molar-refractivity contribution in [2.24, 2.45) is 5.92 Å². The van der Waals surface area contributed by atoms with Gasteiger partial charge in [0.2, 0.25) is 0 Å². The van der Waals surface area contributed by atoms with Gasteiger partial charge in [-0.05, 0) is 36.4 Å². The van der Waals surface area contributed by atoms with Crippen molar-refractivity contribution in [1.82, 2.24) is 4.90 Å². The molecule has 1 aromatic rings. The van der Waals surface area contributed by atoms with Gasteiger partial charge in [-0.25, -0.2) is 0 Å². The molecule has 1 atom stereocenters. The molecule has 1 aliphatic rings. The zero-order chi connectivity index (χ0) is 10.8. The molecule has 0 aromatic heterocycles. The quantitative estimate of drug-likeness (QED) is 0.678. The third-order valence-electron chi connectivity index (χ3n) is 3.53. The molecule has 2 rings (SSSR count). The largest absolute Gasteiger partial charge is 0.305 e. The van der Waals surface area contributed by atoms with Gasteiger partial charge in [-0.1, -0.05) is 38.1 Å². The summed E-state index contributed by atoms with van der Waals surface area (Å²) < 4.78 is 0. The highest BCUT2D eigenvalue weighted by Crippen LogP contribution is 2.30. The summed E-state index contributed by atoms with van der Waals surface area (Å²) in [4.78, 5) is 2.46. The molecule has 0 fully saturated rings. The first-order valence-corrected chi connectivity index (χ1v) is 5.95. The van der Waals surface area contributed by atoms with Gasteiger partial charge < -0.3 is 4.90 Å². The van der Waals surface area contributed by atoms with Crippen LogP contribution in [-0.2, 0) is 6.42 Å². The van der Waals surface area contributed by atoms with Crippen molar-refractivity contribution in [2.45, 2.75) is 26.2 Å². The van der Waals surface area contributed by atoms with Crippen LogP contribution in [0.15, 0.2) is 24.3 Å². The summed E-state index contributed by atoms with van der Waals surface area (Å²) in [6.45, 7) is 7.07. The van der Waals surface area contributed by atoms with Crippen molar-refractivity contribution in [3.8, 4) is 0 Å². The Bertz CT molecular complexity index is 330. The summed E-state index contributed by atoms with van der Waals surface area (Å²) in [5.41, 5.74) is 3.14. The van der Waals surface area contributed by atoms with Crippen LogP contribution in [0.5, 0.6) is 0 Å². The Kier molecular flexibility index (Phi) is 3.11. The molecule has 0 amide bonds. The van der Waals surface area contributed by atoms with E-state index in [0.717, 1.165) is 5.92 Å². The summed E-state index contributed by atoms with van der Waals surface area (Å²) in [5, 5.41) is 0. The molecule has 1 aromatic carbocycles. The average Bonchev–Trinajstić information content (AvgIpc) is 2.39. The van der Waals surface area contributed by atoms with Gasteiger partial charge in [0.25, 0.3) is 0 Å². The Morgan fingerprint density at radius 1 is 1.27 bits per heavy atom. The molecule has 0 saturated heterocycles. The minimum atomic E-state index is 0.702. The second-order valence-electron chi connectivity index (χ2n) is 5.06. The highest BCUT2D eigenvalue weighted by molar-refractivity contribution is 5.32. The smallest absolute Gasteiger partial charge is 0.00499 e. The van der Waals surface area contributed by atoms with Crippen LogP contribution >= 0.6 is 0 Å². The van der Waals surface area contributed by atoms with E-state index in [-0.39, 0.29) is 0 Å². The van der Waals surface area contributed by atoms with E-state index in [1.165, 1.54) is 19.5 Å². The SMILES string of the molecule is CC(C)C1CN(C)CCc2ccccc21. The lowest BCUT2D eigenvalue weighted by Gasteiger charge is -2.24. The third-order valence-corrected chi connectivity index (χ3v) is 3.53. The van der Waals surface area contributed by atoms with E-state index in [4.69, 9.17) is 0 Å². The lowest BCUT2D eigenvalue weighted by molar-refractivity contribution is 0.297. The van der Waals surface area contributed by atoms with Crippen LogP contribution in [0.4, 0.5) is 0 Å². The van der Waals surface area contributed by atoms with Crippen molar-refractivity contribution in [2.75, 3.05) is 20.1 Å². The fourth-order valence-corrected chi connectivity index (χ4v) is 2.53. The summed E-state index contributed by atoms with van der Waals surface area (Å²) >= 11 is 0. The number of hydrogen-bond donors (Lipinski definition) is 0. The van der Waals surface area contributed by atoms with Gasteiger partial charge in [-0.3, -0.25) is 0 Å². The zero-order valence-corrected chi connectivity index (χ0v) is 10.0. The normalized spacial score (nSPS) is 22.5. The zero-order valence-electron chi connectivity index (χ0n) is 10.0. The number of likely N-dealkylation sites (N-methyl/N-ethyl adjacent to an activating group) is 1. The molecule has 82 valence electrons. The fraction of sp³-hybridized carbons (Fsp3) is 0.571. The monoisotopic (exact) mass is 203 g/mol. The molecule has 0 bridgehead atoms. The lowest BCUT2D eigenvalue weighted by atomic mass is 9.86. The van der Waals surface area contributed by atoms with Crippen molar-refractivity contribution in [3.05, 3.63) is 35.4 Å². The Balaban J connectivity index is 2.37. The van der Waals surface area contributed by atoms with Crippen LogP contribution in [0.1, 0.15) is 30.9 Å². The number of rotatable bonds is 1. The maximum atomic E-state index is 2.46. The predicted octanol–water partition coefficient (Wildman–Crippen LogP) is 2.91. The van der Waals surface area contributed by atoms with Gasteiger partial charge in [0.1, 0.15) is 0 Å². The second-order valence-corrected chi connectivity index (χ2v) is 5.06. The molecule has 0 aliphatic carbocycles. The number of benzene rings is 1. The highest BCUT2D eigenvalue weighted by atomic mass is 15.1. The minimum Gasteiger partial charge on any atom is -0.305 e. The Morgan fingerprint density at radius 3 is 2.73 bits per heavy atom.